The molecule has 0 N–H and O–H groups in total. The normalized spacial score (nSPS) is 13.0. The van der Waals surface area contributed by atoms with Gasteiger partial charge in [-0.15, -0.1) is 0 Å². The lowest BCUT2D eigenvalue weighted by molar-refractivity contribution is 0.794. The first-order chi connectivity index (χ1) is 30.8. The van der Waals surface area contributed by atoms with Crippen LogP contribution in [0.1, 0.15) is 22.3 Å². The monoisotopic (exact) mass is 788 g/mol. The SMILES string of the molecule is c1ccc(-c2nc(-c3ccc(-c4ccc5c(c4)-c4ccccc4C54c5ccccc5-c5ccccc54)cc3)nc(-c3cccc4c3c3ccccc3n4-c3ccccc3)n2)cc1. The molecule has 4 nitrogen and oxygen atoms in total. The Labute approximate surface area is 359 Å². The van der Waals surface area contributed by atoms with Gasteiger partial charge < -0.3 is 4.57 Å². The van der Waals surface area contributed by atoms with Crippen molar-refractivity contribution in [1.82, 2.24) is 19.5 Å². The van der Waals surface area contributed by atoms with Crippen LogP contribution in [0.4, 0.5) is 0 Å². The molecule has 0 aliphatic heterocycles. The van der Waals surface area contributed by atoms with Crippen molar-refractivity contribution in [3.05, 3.63) is 241 Å². The van der Waals surface area contributed by atoms with E-state index in [0.717, 1.165) is 49.7 Å². The van der Waals surface area contributed by atoms with Crippen molar-refractivity contribution in [1.29, 1.82) is 0 Å². The standard InChI is InChI=1S/C58H36N4/c1-3-16-38(17-4-1)55-59-56(61-57(60-55)46-24-15-29-53-54(46)45-23-10-14-28-52(45)62(53)41-18-5-2-6-19-41)39-32-30-37(31-33-39)40-34-35-51-47(36-40)44-22-9-13-27-50(44)58(51)48-25-11-7-20-42(48)43-21-8-12-26-49(43)58/h1-36H. The van der Waals surface area contributed by atoms with Gasteiger partial charge in [-0.3, -0.25) is 0 Å². The highest BCUT2D eigenvalue weighted by Crippen LogP contribution is 2.63. The predicted molar refractivity (Wildman–Crippen MR) is 252 cm³/mol. The average Bonchev–Trinajstić information content (AvgIpc) is 3.96. The molecule has 0 radical (unpaired) electrons. The smallest absolute Gasteiger partial charge is 0.164 e. The number of rotatable bonds is 5. The highest BCUT2D eigenvalue weighted by molar-refractivity contribution is 6.15. The second-order valence-corrected chi connectivity index (χ2v) is 16.3. The number of hydrogen-bond acceptors (Lipinski definition) is 3. The lowest BCUT2D eigenvalue weighted by atomic mass is 9.70. The van der Waals surface area contributed by atoms with Crippen molar-refractivity contribution < 1.29 is 0 Å². The van der Waals surface area contributed by atoms with Gasteiger partial charge in [-0.1, -0.05) is 188 Å². The van der Waals surface area contributed by atoms with Gasteiger partial charge in [0.25, 0.3) is 0 Å². The van der Waals surface area contributed by atoms with E-state index in [9.17, 15) is 0 Å². The highest BCUT2D eigenvalue weighted by atomic mass is 15.0. The van der Waals surface area contributed by atoms with Crippen LogP contribution >= 0.6 is 0 Å². The first kappa shape index (κ1) is 34.6. The van der Waals surface area contributed by atoms with Gasteiger partial charge >= 0.3 is 0 Å². The Balaban J connectivity index is 0.940. The molecular formula is C58H36N4. The Morgan fingerprint density at radius 3 is 1.45 bits per heavy atom. The van der Waals surface area contributed by atoms with Crippen molar-refractivity contribution in [3.63, 3.8) is 0 Å². The van der Waals surface area contributed by atoms with Crippen LogP contribution in [0.5, 0.6) is 0 Å². The third-order valence-corrected chi connectivity index (χ3v) is 13.1. The summed E-state index contributed by atoms with van der Waals surface area (Å²) in [7, 11) is 0. The summed E-state index contributed by atoms with van der Waals surface area (Å²) in [6.07, 6.45) is 0. The molecule has 9 aromatic carbocycles. The molecule has 0 atom stereocenters. The topological polar surface area (TPSA) is 43.6 Å². The van der Waals surface area contributed by atoms with Crippen LogP contribution in [-0.2, 0) is 5.41 Å². The summed E-state index contributed by atoms with van der Waals surface area (Å²) in [6, 6.07) is 78.4. The van der Waals surface area contributed by atoms with Crippen molar-refractivity contribution >= 4 is 21.8 Å². The third kappa shape index (κ3) is 4.92. The average molecular weight is 789 g/mol. The summed E-state index contributed by atoms with van der Waals surface area (Å²) in [5.41, 5.74) is 18.8. The zero-order valence-corrected chi connectivity index (χ0v) is 33.6. The van der Waals surface area contributed by atoms with Gasteiger partial charge in [0.2, 0.25) is 0 Å². The Morgan fingerprint density at radius 1 is 0.306 bits per heavy atom. The quantitative estimate of drug-likeness (QED) is 0.174. The molecule has 0 saturated carbocycles. The van der Waals surface area contributed by atoms with E-state index in [-0.39, 0.29) is 5.41 Å². The second kappa shape index (κ2) is 13.4. The zero-order chi connectivity index (χ0) is 40.8. The van der Waals surface area contributed by atoms with E-state index in [4.69, 9.17) is 15.0 Å². The molecule has 62 heavy (non-hydrogen) atoms. The minimum absolute atomic E-state index is 0.352. The molecule has 0 saturated heterocycles. The fourth-order valence-electron chi connectivity index (χ4n) is 10.5. The molecule has 0 bridgehead atoms. The molecule has 2 heterocycles. The molecular weight excluding hydrogens is 753 g/mol. The van der Waals surface area contributed by atoms with Crippen molar-refractivity contribution in [2.24, 2.45) is 0 Å². The Morgan fingerprint density at radius 2 is 0.774 bits per heavy atom. The lowest BCUT2D eigenvalue weighted by Gasteiger charge is -2.30. The maximum Gasteiger partial charge on any atom is 0.164 e. The zero-order valence-electron chi connectivity index (χ0n) is 33.6. The van der Waals surface area contributed by atoms with Crippen molar-refractivity contribution in [3.8, 4) is 73.2 Å². The van der Waals surface area contributed by atoms with E-state index in [2.05, 4.69) is 205 Å². The van der Waals surface area contributed by atoms with E-state index in [1.165, 1.54) is 50.1 Å². The molecule has 0 amide bonds. The Bertz CT molecular complexity index is 3520. The van der Waals surface area contributed by atoms with Crippen LogP contribution in [0.2, 0.25) is 0 Å². The van der Waals surface area contributed by atoms with Gasteiger partial charge in [-0.25, -0.2) is 15.0 Å². The molecule has 2 aliphatic rings. The summed E-state index contributed by atoms with van der Waals surface area (Å²) < 4.78 is 2.33. The fraction of sp³-hybridized carbons (Fsp3) is 0.0172. The molecule has 2 aliphatic carbocycles. The van der Waals surface area contributed by atoms with Gasteiger partial charge in [0.1, 0.15) is 0 Å². The van der Waals surface area contributed by atoms with Crippen molar-refractivity contribution in [2.75, 3.05) is 0 Å². The number of aromatic nitrogens is 4. The first-order valence-corrected chi connectivity index (χ1v) is 21.2. The Kier molecular flexibility index (Phi) is 7.49. The second-order valence-electron chi connectivity index (χ2n) is 16.3. The third-order valence-electron chi connectivity index (χ3n) is 13.1. The molecule has 1 spiro atoms. The van der Waals surface area contributed by atoms with Gasteiger partial charge in [0.05, 0.1) is 16.4 Å². The predicted octanol–water partition coefficient (Wildman–Crippen LogP) is 14.0. The van der Waals surface area contributed by atoms with E-state index in [1.54, 1.807) is 0 Å². The number of benzene rings is 9. The number of hydrogen-bond donors (Lipinski definition) is 0. The van der Waals surface area contributed by atoms with Gasteiger partial charge in [0.15, 0.2) is 17.5 Å². The Hall–Kier alpha value is -8.21. The molecule has 11 aromatic rings. The summed E-state index contributed by atoms with van der Waals surface area (Å²) in [6.45, 7) is 0. The number of fused-ring (bicyclic) bond motifs is 13. The molecule has 0 fully saturated rings. The summed E-state index contributed by atoms with van der Waals surface area (Å²) in [5, 5.41) is 2.27. The number of para-hydroxylation sites is 2. The van der Waals surface area contributed by atoms with Gasteiger partial charge in [-0.05, 0) is 86.0 Å². The number of nitrogens with zero attached hydrogens (tertiary/aromatic N) is 4. The highest BCUT2D eigenvalue weighted by Gasteiger charge is 2.51. The summed E-state index contributed by atoms with van der Waals surface area (Å²) in [5.74, 6) is 1.91. The summed E-state index contributed by atoms with van der Waals surface area (Å²) in [4.78, 5) is 15.6. The molecule has 4 heteroatoms. The summed E-state index contributed by atoms with van der Waals surface area (Å²) >= 11 is 0. The van der Waals surface area contributed by atoms with Crippen LogP contribution in [0.25, 0.3) is 95.0 Å². The van der Waals surface area contributed by atoms with Crippen LogP contribution in [0, 0.1) is 0 Å². The molecule has 2 aromatic heterocycles. The minimum Gasteiger partial charge on any atom is -0.309 e. The van der Waals surface area contributed by atoms with Crippen molar-refractivity contribution in [2.45, 2.75) is 5.41 Å². The lowest BCUT2D eigenvalue weighted by Crippen LogP contribution is -2.25. The minimum atomic E-state index is -0.352. The van der Waals surface area contributed by atoms with E-state index in [1.807, 2.05) is 18.2 Å². The molecule has 0 unspecified atom stereocenters. The maximum atomic E-state index is 5.26. The van der Waals surface area contributed by atoms with Crippen LogP contribution in [0.15, 0.2) is 218 Å². The van der Waals surface area contributed by atoms with E-state index in [0.29, 0.717) is 17.5 Å². The van der Waals surface area contributed by atoms with Crippen LogP contribution < -0.4 is 0 Å². The first-order valence-electron chi connectivity index (χ1n) is 21.2. The maximum absolute atomic E-state index is 5.26. The van der Waals surface area contributed by atoms with Crippen LogP contribution in [-0.4, -0.2) is 19.5 Å². The van der Waals surface area contributed by atoms with E-state index < -0.39 is 0 Å². The molecule has 13 rings (SSSR count). The van der Waals surface area contributed by atoms with E-state index >= 15 is 0 Å². The largest absolute Gasteiger partial charge is 0.309 e. The van der Waals surface area contributed by atoms with Crippen LogP contribution in [0.3, 0.4) is 0 Å². The van der Waals surface area contributed by atoms with Gasteiger partial charge in [0, 0.05) is 33.2 Å². The van der Waals surface area contributed by atoms with Gasteiger partial charge in [-0.2, -0.15) is 0 Å². The fourth-order valence-corrected chi connectivity index (χ4v) is 10.5. The molecule has 288 valence electrons.